The normalized spacial score (nSPS) is 13.6. The molecule has 0 radical (unpaired) electrons. The lowest BCUT2D eigenvalue weighted by atomic mass is 9.91. The van der Waals surface area contributed by atoms with Gasteiger partial charge in [-0.05, 0) is 48.4 Å². The van der Waals surface area contributed by atoms with Crippen molar-refractivity contribution >= 4 is 10.8 Å². The monoisotopic (exact) mass is 245 g/mol. The van der Waals surface area contributed by atoms with Gasteiger partial charge in [0.25, 0.3) is 0 Å². The summed E-state index contributed by atoms with van der Waals surface area (Å²) in [6.07, 6.45) is 0. The second kappa shape index (κ2) is 4.59. The summed E-state index contributed by atoms with van der Waals surface area (Å²) in [5, 5.41) is 12.1. The Morgan fingerprint density at radius 2 is 1.72 bits per heavy atom. The van der Waals surface area contributed by atoms with Gasteiger partial charge in [-0.1, -0.05) is 18.2 Å². The van der Waals surface area contributed by atoms with Gasteiger partial charge in [0.2, 0.25) is 0 Å². The molecule has 0 aliphatic heterocycles. The predicted molar refractivity (Wildman–Crippen MR) is 73.7 cm³/mol. The maximum absolute atomic E-state index is 9.95. The molecule has 1 unspecified atom stereocenters. The molecule has 0 heterocycles. The summed E-state index contributed by atoms with van der Waals surface area (Å²) in [5.74, 6) is 0.835. The first kappa shape index (κ1) is 12.9. The lowest BCUT2D eigenvalue weighted by molar-refractivity contribution is 0.0518. The van der Waals surface area contributed by atoms with E-state index in [0.717, 1.165) is 22.1 Å². The lowest BCUT2D eigenvalue weighted by Crippen LogP contribution is -2.34. The van der Waals surface area contributed by atoms with Crippen molar-refractivity contribution in [1.29, 1.82) is 0 Å². The number of nitrogens with two attached hydrogens (primary N) is 1. The Bertz CT molecular complexity index is 558. The Hall–Kier alpha value is -1.58. The molecule has 18 heavy (non-hydrogen) atoms. The summed E-state index contributed by atoms with van der Waals surface area (Å²) in [7, 11) is 1.65. The molecule has 3 N–H and O–H groups in total. The Morgan fingerprint density at radius 3 is 2.33 bits per heavy atom. The standard InChI is InChI=1S/C15H19NO2/c1-15(2,17)14(16)12-5-4-11-9-13(18-3)7-6-10(11)8-12/h4-9,14,17H,16H2,1-3H3. The smallest absolute Gasteiger partial charge is 0.119 e. The van der Waals surface area contributed by atoms with Crippen molar-refractivity contribution < 1.29 is 9.84 Å². The first-order valence-electron chi connectivity index (χ1n) is 5.97. The maximum Gasteiger partial charge on any atom is 0.119 e. The zero-order chi connectivity index (χ0) is 13.3. The van der Waals surface area contributed by atoms with Crippen molar-refractivity contribution in [2.45, 2.75) is 25.5 Å². The van der Waals surface area contributed by atoms with Crippen LogP contribution in [0.1, 0.15) is 25.5 Å². The molecule has 0 aliphatic rings. The fourth-order valence-corrected chi connectivity index (χ4v) is 1.97. The summed E-state index contributed by atoms with van der Waals surface area (Å²) in [6.45, 7) is 3.44. The van der Waals surface area contributed by atoms with Crippen LogP contribution in [0.15, 0.2) is 36.4 Å². The highest BCUT2D eigenvalue weighted by Crippen LogP contribution is 2.27. The van der Waals surface area contributed by atoms with Crippen LogP contribution in [0.25, 0.3) is 10.8 Å². The molecular weight excluding hydrogens is 226 g/mol. The first-order chi connectivity index (χ1) is 8.41. The van der Waals surface area contributed by atoms with Gasteiger partial charge in [0.1, 0.15) is 5.75 Å². The van der Waals surface area contributed by atoms with Crippen LogP contribution >= 0.6 is 0 Å². The second-order valence-electron chi connectivity index (χ2n) is 5.10. The van der Waals surface area contributed by atoms with Gasteiger partial charge in [-0.25, -0.2) is 0 Å². The SMILES string of the molecule is COc1ccc2cc(C(N)C(C)(C)O)ccc2c1. The molecule has 0 spiro atoms. The van der Waals surface area contributed by atoms with E-state index in [-0.39, 0.29) is 0 Å². The van der Waals surface area contributed by atoms with Crippen molar-refractivity contribution in [2.75, 3.05) is 7.11 Å². The van der Waals surface area contributed by atoms with Crippen LogP contribution in [0.5, 0.6) is 5.75 Å². The molecule has 2 aromatic carbocycles. The molecule has 0 bridgehead atoms. The van der Waals surface area contributed by atoms with Gasteiger partial charge in [0.15, 0.2) is 0 Å². The quantitative estimate of drug-likeness (QED) is 0.874. The van der Waals surface area contributed by atoms with E-state index in [4.69, 9.17) is 10.5 Å². The molecule has 0 saturated carbocycles. The van der Waals surface area contributed by atoms with Crippen molar-refractivity contribution in [1.82, 2.24) is 0 Å². The molecule has 2 rings (SSSR count). The number of methoxy groups -OCH3 is 1. The van der Waals surface area contributed by atoms with Crippen molar-refractivity contribution in [3.05, 3.63) is 42.0 Å². The summed E-state index contributed by atoms with van der Waals surface area (Å²) >= 11 is 0. The molecule has 0 amide bonds. The summed E-state index contributed by atoms with van der Waals surface area (Å²) in [5.41, 5.74) is 6.04. The number of benzene rings is 2. The van der Waals surface area contributed by atoms with E-state index in [1.807, 2.05) is 36.4 Å². The van der Waals surface area contributed by atoms with Crippen LogP contribution in [0.3, 0.4) is 0 Å². The summed E-state index contributed by atoms with van der Waals surface area (Å²) < 4.78 is 5.19. The van der Waals surface area contributed by atoms with E-state index < -0.39 is 11.6 Å². The van der Waals surface area contributed by atoms with Gasteiger partial charge < -0.3 is 15.6 Å². The summed E-state index contributed by atoms with van der Waals surface area (Å²) in [6, 6.07) is 11.5. The number of fused-ring (bicyclic) bond motifs is 1. The Morgan fingerprint density at radius 1 is 1.11 bits per heavy atom. The van der Waals surface area contributed by atoms with E-state index in [0.29, 0.717) is 0 Å². The van der Waals surface area contributed by atoms with Crippen molar-refractivity contribution in [2.24, 2.45) is 5.73 Å². The average Bonchev–Trinajstić information content (AvgIpc) is 2.35. The zero-order valence-corrected chi connectivity index (χ0v) is 11.0. The number of hydrogen-bond acceptors (Lipinski definition) is 3. The van der Waals surface area contributed by atoms with Crippen LogP contribution in [0, 0.1) is 0 Å². The van der Waals surface area contributed by atoms with E-state index in [9.17, 15) is 5.11 Å². The van der Waals surface area contributed by atoms with E-state index in [1.165, 1.54) is 0 Å². The van der Waals surface area contributed by atoms with Crippen LogP contribution < -0.4 is 10.5 Å². The Kier molecular flexibility index (Phi) is 3.28. The fraction of sp³-hybridized carbons (Fsp3) is 0.333. The van der Waals surface area contributed by atoms with Crippen LogP contribution in [0.2, 0.25) is 0 Å². The molecule has 2 aromatic rings. The zero-order valence-electron chi connectivity index (χ0n) is 11.0. The minimum atomic E-state index is -0.930. The van der Waals surface area contributed by atoms with Crippen LogP contribution in [-0.2, 0) is 0 Å². The molecule has 1 atom stereocenters. The van der Waals surface area contributed by atoms with E-state index in [2.05, 4.69) is 0 Å². The van der Waals surface area contributed by atoms with Crippen molar-refractivity contribution in [3.8, 4) is 5.75 Å². The van der Waals surface area contributed by atoms with Gasteiger partial charge >= 0.3 is 0 Å². The summed E-state index contributed by atoms with van der Waals surface area (Å²) in [4.78, 5) is 0. The van der Waals surface area contributed by atoms with Gasteiger partial charge in [-0.2, -0.15) is 0 Å². The molecule has 96 valence electrons. The van der Waals surface area contributed by atoms with E-state index >= 15 is 0 Å². The largest absolute Gasteiger partial charge is 0.497 e. The molecule has 0 saturated heterocycles. The molecule has 3 nitrogen and oxygen atoms in total. The third-order valence-electron chi connectivity index (χ3n) is 3.19. The fourth-order valence-electron chi connectivity index (χ4n) is 1.97. The number of ether oxygens (including phenoxy) is 1. The molecule has 0 aliphatic carbocycles. The van der Waals surface area contributed by atoms with Crippen LogP contribution in [-0.4, -0.2) is 17.8 Å². The minimum absolute atomic E-state index is 0.399. The average molecular weight is 245 g/mol. The van der Waals surface area contributed by atoms with E-state index in [1.54, 1.807) is 21.0 Å². The van der Waals surface area contributed by atoms with Crippen molar-refractivity contribution in [3.63, 3.8) is 0 Å². The highest BCUT2D eigenvalue weighted by Gasteiger charge is 2.24. The highest BCUT2D eigenvalue weighted by atomic mass is 16.5. The third-order valence-corrected chi connectivity index (χ3v) is 3.19. The van der Waals surface area contributed by atoms with Crippen LogP contribution in [0.4, 0.5) is 0 Å². The second-order valence-corrected chi connectivity index (χ2v) is 5.10. The number of rotatable bonds is 3. The topological polar surface area (TPSA) is 55.5 Å². The molecule has 0 aromatic heterocycles. The minimum Gasteiger partial charge on any atom is -0.497 e. The first-order valence-corrected chi connectivity index (χ1v) is 5.97. The number of hydrogen-bond donors (Lipinski definition) is 2. The van der Waals surface area contributed by atoms with Gasteiger partial charge in [0, 0.05) is 0 Å². The highest BCUT2D eigenvalue weighted by molar-refractivity contribution is 5.84. The molecule has 3 heteroatoms. The Balaban J connectivity index is 2.45. The lowest BCUT2D eigenvalue weighted by Gasteiger charge is -2.26. The predicted octanol–water partition coefficient (Wildman–Crippen LogP) is 2.62. The molecule has 0 fully saturated rings. The number of aliphatic hydroxyl groups is 1. The van der Waals surface area contributed by atoms with Gasteiger partial charge in [-0.15, -0.1) is 0 Å². The van der Waals surface area contributed by atoms with Gasteiger partial charge in [0.05, 0.1) is 18.8 Å². The van der Waals surface area contributed by atoms with Gasteiger partial charge in [-0.3, -0.25) is 0 Å². The third kappa shape index (κ3) is 2.47. The maximum atomic E-state index is 9.95. The molecular formula is C15H19NO2. The Labute approximate surface area is 107 Å².